The van der Waals surface area contributed by atoms with Gasteiger partial charge in [-0.2, -0.15) is 10.5 Å². The summed E-state index contributed by atoms with van der Waals surface area (Å²) in [6.45, 7) is 2.46. The molecule has 0 amide bonds. The molecule has 0 spiro atoms. The number of aromatic nitrogens is 1. The molecular formula is C32H23N3OS. The van der Waals surface area contributed by atoms with Gasteiger partial charge in [-0.05, 0) is 58.5 Å². The highest BCUT2D eigenvalue weighted by molar-refractivity contribution is 7.09. The lowest BCUT2D eigenvalue weighted by molar-refractivity contribution is 0.0689. The smallest absolute Gasteiger partial charge is 0.119 e. The predicted molar refractivity (Wildman–Crippen MR) is 147 cm³/mol. The summed E-state index contributed by atoms with van der Waals surface area (Å²) < 4.78 is 6.48. The molecule has 0 aliphatic carbocycles. The number of benzene rings is 4. The SMILES string of the molecule is Cc1ccccc1-c1cc(C(OCc2ccc(-c3ccccc3C#N)cc2)c2cncs2)ccc1C#N. The van der Waals surface area contributed by atoms with Gasteiger partial charge >= 0.3 is 0 Å². The van der Waals surface area contributed by atoms with Crippen LogP contribution in [0, 0.1) is 29.6 Å². The Hall–Kier alpha value is -4.55. The van der Waals surface area contributed by atoms with Crippen LogP contribution in [0.25, 0.3) is 22.3 Å². The number of hydrogen-bond acceptors (Lipinski definition) is 5. The molecule has 0 fully saturated rings. The first-order chi connectivity index (χ1) is 18.2. The molecule has 1 atom stereocenters. The Morgan fingerprint density at radius 2 is 1.51 bits per heavy atom. The molecule has 37 heavy (non-hydrogen) atoms. The normalized spacial score (nSPS) is 11.4. The van der Waals surface area contributed by atoms with E-state index in [2.05, 4.69) is 36.2 Å². The van der Waals surface area contributed by atoms with Gasteiger partial charge < -0.3 is 4.74 Å². The van der Waals surface area contributed by atoms with Gasteiger partial charge in [0.2, 0.25) is 0 Å². The van der Waals surface area contributed by atoms with Gasteiger partial charge in [-0.15, -0.1) is 11.3 Å². The Morgan fingerprint density at radius 3 is 2.22 bits per heavy atom. The zero-order valence-electron chi connectivity index (χ0n) is 20.3. The Kier molecular flexibility index (Phi) is 7.19. The minimum absolute atomic E-state index is 0.318. The number of nitrogens with zero attached hydrogens (tertiary/aromatic N) is 3. The zero-order valence-corrected chi connectivity index (χ0v) is 21.1. The molecule has 0 saturated carbocycles. The van der Waals surface area contributed by atoms with E-state index in [1.54, 1.807) is 16.8 Å². The van der Waals surface area contributed by atoms with E-state index >= 15 is 0 Å². The second-order valence-electron chi connectivity index (χ2n) is 8.68. The maximum absolute atomic E-state index is 9.77. The first-order valence-electron chi connectivity index (χ1n) is 11.9. The molecule has 5 rings (SSSR count). The average molecular weight is 498 g/mol. The molecule has 0 aliphatic heterocycles. The van der Waals surface area contributed by atoms with Gasteiger partial charge in [0, 0.05) is 11.8 Å². The van der Waals surface area contributed by atoms with Crippen LogP contribution in [0.15, 0.2) is 103 Å². The topological polar surface area (TPSA) is 69.7 Å². The maximum atomic E-state index is 9.77. The number of nitriles is 2. The Morgan fingerprint density at radius 1 is 0.811 bits per heavy atom. The highest BCUT2D eigenvalue weighted by Gasteiger charge is 2.19. The fraction of sp³-hybridized carbons (Fsp3) is 0.0938. The Balaban J connectivity index is 1.44. The van der Waals surface area contributed by atoms with Gasteiger partial charge in [-0.1, -0.05) is 72.8 Å². The Labute approximate surface area is 220 Å². The van der Waals surface area contributed by atoms with Crippen LogP contribution in [-0.2, 0) is 11.3 Å². The van der Waals surface area contributed by atoms with E-state index in [9.17, 15) is 10.5 Å². The van der Waals surface area contributed by atoms with E-state index in [4.69, 9.17) is 4.74 Å². The molecule has 4 nitrogen and oxygen atoms in total. The summed E-state index contributed by atoms with van der Waals surface area (Å²) in [6, 6.07) is 34.3. The van der Waals surface area contributed by atoms with Crippen LogP contribution in [0.3, 0.4) is 0 Å². The molecule has 178 valence electrons. The summed E-state index contributed by atoms with van der Waals surface area (Å²) >= 11 is 1.55. The lowest BCUT2D eigenvalue weighted by Gasteiger charge is -2.19. The van der Waals surface area contributed by atoms with Crippen LogP contribution in [0.4, 0.5) is 0 Å². The van der Waals surface area contributed by atoms with Gasteiger partial charge in [0.05, 0.1) is 40.3 Å². The van der Waals surface area contributed by atoms with Gasteiger partial charge in [-0.25, -0.2) is 0 Å². The van der Waals surface area contributed by atoms with E-state index in [1.807, 2.05) is 85.1 Å². The van der Waals surface area contributed by atoms with Crippen molar-refractivity contribution >= 4 is 11.3 Å². The fourth-order valence-corrected chi connectivity index (χ4v) is 5.10. The summed E-state index contributed by atoms with van der Waals surface area (Å²) in [4.78, 5) is 5.27. The van der Waals surface area contributed by atoms with Crippen LogP contribution in [0.2, 0.25) is 0 Å². The van der Waals surface area contributed by atoms with Crippen molar-refractivity contribution in [2.24, 2.45) is 0 Å². The molecule has 0 aliphatic rings. The summed E-state index contributed by atoms with van der Waals surface area (Å²) in [5.41, 5.74) is 10.1. The molecule has 1 unspecified atom stereocenters. The van der Waals surface area contributed by atoms with E-state index in [1.165, 1.54) is 0 Å². The standard InChI is InChI=1S/C32H23N3OS/c1-22-6-2-4-8-28(22)30-16-25(14-15-27(30)18-34)32(31-19-35-21-37-31)36-20-23-10-12-24(13-11-23)29-9-5-3-7-26(29)17-33/h2-16,19,21,32H,20H2,1H3. The molecule has 5 aromatic rings. The van der Waals surface area contributed by atoms with E-state index in [0.29, 0.717) is 17.7 Å². The van der Waals surface area contributed by atoms with Crippen molar-refractivity contribution < 1.29 is 4.74 Å². The molecule has 4 aromatic carbocycles. The molecular weight excluding hydrogens is 474 g/mol. The number of hydrogen-bond donors (Lipinski definition) is 0. The maximum Gasteiger partial charge on any atom is 0.119 e. The average Bonchev–Trinajstić information content (AvgIpc) is 3.48. The van der Waals surface area contributed by atoms with Crippen molar-refractivity contribution in [3.8, 4) is 34.4 Å². The lowest BCUT2D eigenvalue weighted by Crippen LogP contribution is -2.06. The summed E-state index contributed by atoms with van der Waals surface area (Å²) in [6.07, 6.45) is 1.52. The van der Waals surface area contributed by atoms with Gasteiger partial charge in [0.15, 0.2) is 0 Å². The molecule has 1 heterocycles. The van der Waals surface area contributed by atoms with E-state index in [0.717, 1.165) is 43.8 Å². The van der Waals surface area contributed by atoms with E-state index < -0.39 is 0 Å². The van der Waals surface area contributed by atoms with Crippen molar-refractivity contribution in [2.75, 3.05) is 0 Å². The summed E-state index contributed by atoms with van der Waals surface area (Å²) in [5.74, 6) is 0. The number of aryl methyl sites for hydroxylation is 1. The van der Waals surface area contributed by atoms with Crippen molar-refractivity contribution in [1.82, 2.24) is 4.98 Å². The summed E-state index contributed by atoms with van der Waals surface area (Å²) in [5, 5.41) is 19.2. The molecule has 0 saturated heterocycles. The largest absolute Gasteiger partial charge is 0.363 e. The van der Waals surface area contributed by atoms with Gasteiger partial charge in [0.25, 0.3) is 0 Å². The Bertz CT molecular complexity index is 1610. The zero-order chi connectivity index (χ0) is 25.6. The molecule has 0 radical (unpaired) electrons. The lowest BCUT2D eigenvalue weighted by atomic mass is 9.93. The number of rotatable bonds is 7. The third kappa shape index (κ3) is 5.20. The second kappa shape index (κ2) is 11.0. The minimum Gasteiger partial charge on any atom is -0.363 e. The van der Waals surface area contributed by atoms with Crippen molar-refractivity contribution in [2.45, 2.75) is 19.6 Å². The highest BCUT2D eigenvalue weighted by Crippen LogP contribution is 2.35. The van der Waals surface area contributed by atoms with Crippen LogP contribution < -0.4 is 0 Å². The minimum atomic E-state index is -0.318. The molecule has 5 heteroatoms. The van der Waals surface area contributed by atoms with Crippen LogP contribution in [0.5, 0.6) is 0 Å². The van der Waals surface area contributed by atoms with Crippen molar-refractivity contribution in [1.29, 1.82) is 10.5 Å². The van der Waals surface area contributed by atoms with Gasteiger partial charge in [-0.3, -0.25) is 4.98 Å². The molecule has 1 aromatic heterocycles. The third-order valence-electron chi connectivity index (χ3n) is 6.34. The number of ether oxygens (including phenoxy) is 1. The monoisotopic (exact) mass is 497 g/mol. The first kappa shape index (κ1) is 24.2. The predicted octanol–water partition coefficient (Wildman–Crippen LogP) is 7.84. The molecule has 0 N–H and O–H groups in total. The number of thiazole rings is 1. The van der Waals surface area contributed by atoms with Crippen molar-refractivity contribution in [3.63, 3.8) is 0 Å². The third-order valence-corrected chi connectivity index (χ3v) is 7.16. The molecule has 0 bridgehead atoms. The van der Waals surface area contributed by atoms with Crippen molar-refractivity contribution in [3.05, 3.63) is 135 Å². The summed E-state index contributed by atoms with van der Waals surface area (Å²) in [7, 11) is 0. The first-order valence-corrected chi connectivity index (χ1v) is 12.7. The van der Waals surface area contributed by atoms with Crippen LogP contribution in [0.1, 0.15) is 38.8 Å². The van der Waals surface area contributed by atoms with Crippen LogP contribution >= 0.6 is 11.3 Å². The second-order valence-corrected chi connectivity index (χ2v) is 9.60. The van der Waals surface area contributed by atoms with Gasteiger partial charge in [0.1, 0.15) is 6.10 Å². The highest BCUT2D eigenvalue weighted by atomic mass is 32.1. The fourth-order valence-electron chi connectivity index (χ4n) is 4.41. The van der Waals surface area contributed by atoms with Crippen LogP contribution in [-0.4, -0.2) is 4.98 Å². The quantitative estimate of drug-likeness (QED) is 0.230. The van der Waals surface area contributed by atoms with E-state index in [-0.39, 0.29) is 6.10 Å².